The number of rotatable bonds is 6. The molecule has 0 amide bonds. The van der Waals surface area contributed by atoms with Gasteiger partial charge in [-0.05, 0) is 62.9 Å². The summed E-state index contributed by atoms with van der Waals surface area (Å²) in [6, 6.07) is 1.93. The minimum Gasteiger partial charge on any atom is -0.486 e. The lowest BCUT2D eigenvalue weighted by atomic mass is 9.83. The van der Waals surface area contributed by atoms with Crippen molar-refractivity contribution in [2.75, 3.05) is 4.72 Å². The van der Waals surface area contributed by atoms with Crippen LogP contribution in [0.15, 0.2) is 23.9 Å². The molecule has 2 aromatic rings. The maximum Gasteiger partial charge on any atom is 0.242 e. The number of aromatic nitrogens is 3. The second kappa shape index (κ2) is 6.20. The molecule has 3 atom stereocenters. The van der Waals surface area contributed by atoms with Crippen LogP contribution in [0.2, 0.25) is 0 Å². The van der Waals surface area contributed by atoms with Crippen LogP contribution in [0.3, 0.4) is 0 Å². The van der Waals surface area contributed by atoms with Gasteiger partial charge in [-0.2, -0.15) is 0 Å². The first-order valence-electron chi connectivity index (χ1n) is 10.7. The Hall–Kier alpha value is -2.09. The Kier molecular flexibility index (Phi) is 3.79. The van der Waals surface area contributed by atoms with E-state index in [4.69, 9.17) is 4.74 Å². The standard InChI is InChI=1S/C21H26N4O3S/c1-12-6-13-8-15(7-12)18(9-13)28-19-10-20-22-23-21(24-29(26,27)16-4-5-16)25(20)11-17(19)14-2-3-14/h9-12,14-16,18H,2-8H2,1H3,(H,23,24). The molecule has 2 aromatic heterocycles. The summed E-state index contributed by atoms with van der Waals surface area (Å²) < 4.78 is 35.6. The monoisotopic (exact) mass is 414 g/mol. The number of anilines is 1. The molecule has 2 bridgehead atoms. The summed E-state index contributed by atoms with van der Waals surface area (Å²) in [6.45, 7) is 2.32. The smallest absolute Gasteiger partial charge is 0.242 e. The van der Waals surface area contributed by atoms with Gasteiger partial charge in [0.25, 0.3) is 0 Å². The molecule has 1 N–H and O–H groups in total. The van der Waals surface area contributed by atoms with E-state index in [-0.39, 0.29) is 17.3 Å². The zero-order valence-electron chi connectivity index (χ0n) is 16.5. The maximum atomic E-state index is 12.3. The van der Waals surface area contributed by atoms with Crippen LogP contribution < -0.4 is 9.46 Å². The van der Waals surface area contributed by atoms with E-state index in [1.165, 1.54) is 18.4 Å². The molecule has 7 nitrogen and oxygen atoms in total. The van der Waals surface area contributed by atoms with Crippen molar-refractivity contribution in [3.8, 4) is 5.75 Å². The molecule has 0 spiro atoms. The molecule has 0 radical (unpaired) electrons. The summed E-state index contributed by atoms with van der Waals surface area (Å²) in [5.74, 6) is 2.92. The molecule has 29 heavy (non-hydrogen) atoms. The highest BCUT2D eigenvalue weighted by Crippen LogP contribution is 2.47. The second-order valence-corrected chi connectivity index (χ2v) is 11.3. The van der Waals surface area contributed by atoms with Gasteiger partial charge in [-0.25, -0.2) is 8.42 Å². The topological polar surface area (TPSA) is 85.6 Å². The van der Waals surface area contributed by atoms with E-state index < -0.39 is 10.0 Å². The lowest BCUT2D eigenvalue weighted by Crippen LogP contribution is -2.24. The van der Waals surface area contributed by atoms with Crippen LogP contribution in [-0.4, -0.2) is 34.4 Å². The molecular formula is C21H26N4O3S. The zero-order valence-corrected chi connectivity index (χ0v) is 17.4. The maximum absolute atomic E-state index is 12.3. The Morgan fingerprint density at radius 1 is 1.17 bits per heavy atom. The molecule has 4 aliphatic rings. The van der Waals surface area contributed by atoms with Gasteiger partial charge in [0.15, 0.2) is 5.65 Å². The van der Waals surface area contributed by atoms with Crippen LogP contribution in [0.5, 0.6) is 5.75 Å². The van der Waals surface area contributed by atoms with Gasteiger partial charge in [-0.3, -0.25) is 9.12 Å². The van der Waals surface area contributed by atoms with Crippen molar-refractivity contribution in [3.05, 3.63) is 29.5 Å². The average molecular weight is 415 g/mol. The predicted molar refractivity (Wildman–Crippen MR) is 110 cm³/mol. The molecular weight excluding hydrogens is 388 g/mol. The summed E-state index contributed by atoms with van der Waals surface area (Å²) in [5, 5.41) is 8.02. The van der Waals surface area contributed by atoms with Gasteiger partial charge in [0.2, 0.25) is 16.0 Å². The molecule has 0 saturated heterocycles. The highest BCUT2D eigenvalue weighted by molar-refractivity contribution is 7.93. The molecule has 0 aromatic carbocycles. The third-order valence-corrected chi connectivity index (χ3v) is 8.53. The fourth-order valence-electron chi connectivity index (χ4n) is 4.98. The van der Waals surface area contributed by atoms with Gasteiger partial charge in [0.05, 0.1) is 5.25 Å². The summed E-state index contributed by atoms with van der Waals surface area (Å²) in [5.41, 5.74) is 3.28. The van der Waals surface area contributed by atoms with Gasteiger partial charge in [-0.15, -0.1) is 10.2 Å². The largest absolute Gasteiger partial charge is 0.486 e. The van der Waals surface area contributed by atoms with Crippen molar-refractivity contribution >= 4 is 21.6 Å². The molecule has 6 rings (SSSR count). The predicted octanol–water partition coefficient (Wildman–Crippen LogP) is 3.63. The third-order valence-electron chi connectivity index (χ3n) is 6.72. The van der Waals surface area contributed by atoms with E-state index >= 15 is 0 Å². The summed E-state index contributed by atoms with van der Waals surface area (Å²) >= 11 is 0. The zero-order chi connectivity index (χ0) is 19.8. The molecule has 154 valence electrons. The van der Waals surface area contributed by atoms with E-state index in [2.05, 4.69) is 27.9 Å². The minimum atomic E-state index is -3.38. The highest BCUT2D eigenvalue weighted by atomic mass is 32.2. The van der Waals surface area contributed by atoms with Crippen LogP contribution in [0.25, 0.3) is 5.65 Å². The number of nitrogens with zero attached hydrogens (tertiary/aromatic N) is 3. The first-order valence-corrected chi connectivity index (χ1v) is 12.3. The number of hydrogen-bond acceptors (Lipinski definition) is 5. The van der Waals surface area contributed by atoms with E-state index in [9.17, 15) is 8.42 Å². The number of ether oxygens (including phenoxy) is 1. The number of sulfonamides is 1. The van der Waals surface area contributed by atoms with Crippen molar-refractivity contribution in [1.82, 2.24) is 14.6 Å². The summed E-state index contributed by atoms with van der Waals surface area (Å²) in [4.78, 5) is 0. The first-order chi connectivity index (χ1) is 14.0. The van der Waals surface area contributed by atoms with E-state index in [0.29, 0.717) is 30.3 Å². The van der Waals surface area contributed by atoms with Crippen LogP contribution in [0.4, 0.5) is 5.95 Å². The number of pyridine rings is 1. The van der Waals surface area contributed by atoms with E-state index in [1.54, 1.807) is 4.40 Å². The van der Waals surface area contributed by atoms with Gasteiger partial charge < -0.3 is 4.74 Å². The van der Waals surface area contributed by atoms with Gasteiger partial charge >= 0.3 is 0 Å². The van der Waals surface area contributed by atoms with Crippen molar-refractivity contribution in [1.29, 1.82) is 0 Å². The quantitative estimate of drug-likeness (QED) is 0.730. The van der Waals surface area contributed by atoms with Crippen molar-refractivity contribution < 1.29 is 13.2 Å². The van der Waals surface area contributed by atoms with Gasteiger partial charge in [0, 0.05) is 23.7 Å². The Bertz CT molecular complexity index is 1110. The molecule has 3 unspecified atom stereocenters. The van der Waals surface area contributed by atoms with Crippen LogP contribution in [0, 0.1) is 11.8 Å². The van der Waals surface area contributed by atoms with Crippen molar-refractivity contribution in [2.45, 2.75) is 69.1 Å². The van der Waals surface area contributed by atoms with Gasteiger partial charge in [0.1, 0.15) is 11.9 Å². The molecule has 8 heteroatoms. The molecule has 4 aliphatic carbocycles. The molecule has 3 saturated carbocycles. The Morgan fingerprint density at radius 2 is 2.00 bits per heavy atom. The first kappa shape index (κ1) is 17.7. The highest BCUT2D eigenvalue weighted by Gasteiger charge is 2.38. The summed E-state index contributed by atoms with van der Waals surface area (Å²) in [7, 11) is -3.38. The van der Waals surface area contributed by atoms with E-state index in [0.717, 1.165) is 36.5 Å². The van der Waals surface area contributed by atoms with Crippen LogP contribution >= 0.6 is 0 Å². The number of fused-ring (bicyclic) bond motifs is 3. The average Bonchev–Trinajstić information content (AvgIpc) is 3.58. The minimum absolute atomic E-state index is 0.130. The Labute approximate surface area is 170 Å². The van der Waals surface area contributed by atoms with Crippen molar-refractivity contribution in [2.24, 2.45) is 11.8 Å². The fraction of sp³-hybridized carbons (Fsp3) is 0.619. The van der Waals surface area contributed by atoms with Gasteiger partial charge in [-0.1, -0.05) is 12.5 Å². The second-order valence-electron chi connectivity index (χ2n) is 9.38. The normalized spacial score (nSPS) is 29.1. The number of nitrogens with one attached hydrogen (secondary N) is 1. The van der Waals surface area contributed by atoms with Crippen molar-refractivity contribution in [3.63, 3.8) is 0 Å². The number of allylic oxidation sites excluding steroid dienone is 1. The molecule has 2 heterocycles. The number of hydrogen-bond donors (Lipinski definition) is 1. The lowest BCUT2D eigenvalue weighted by Gasteiger charge is -2.27. The Balaban J connectivity index is 1.33. The summed E-state index contributed by atoms with van der Waals surface area (Å²) in [6.07, 6.45) is 11.7. The fourth-order valence-corrected chi connectivity index (χ4v) is 6.29. The van der Waals surface area contributed by atoms with Crippen LogP contribution in [-0.2, 0) is 10.0 Å². The Morgan fingerprint density at radius 3 is 2.76 bits per heavy atom. The third kappa shape index (κ3) is 3.21. The molecule has 3 fully saturated rings. The van der Waals surface area contributed by atoms with Crippen LogP contribution in [0.1, 0.15) is 63.4 Å². The lowest BCUT2D eigenvalue weighted by molar-refractivity contribution is 0.163. The SMILES string of the molecule is CC1CC2=CC(Oc3cc4nnc(NS(=O)(=O)C5CC5)n4cc3C3CC3)C(C2)C1. The van der Waals surface area contributed by atoms with E-state index in [1.807, 2.05) is 12.3 Å². The molecule has 0 aliphatic heterocycles.